The highest BCUT2D eigenvalue weighted by Crippen LogP contribution is 2.41. The van der Waals surface area contributed by atoms with Gasteiger partial charge in [0.05, 0.1) is 6.04 Å². The monoisotopic (exact) mass is 322 g/mol. The van der Waals surface area contributed by atoms with Crippen LogP contribution in [-0.4, -0.2) is 41.1 Å². The van der Waals surface area contributed by atoms with Gasteiger partial charge in [-0.2, -0.15) is 0 Å². The summed E-state index contributed by atoms with van der Waals surface area (Å²) in [5.41, 5.74) is 0. The highest BCUT2D eigenvalue weighted by Gasteiger charge is 2.35. The van der Waals surface area contributed by atoms with Crippen LogP contribution in [0.5, 0.6) is 0 Å². The lowest BCUT2D eigenvalue weighted by Gasteiger charge is -2.26. The summed E-state index contributed by atoms with van der Waals surface area (Å²) in [4.78, 5) is 19.0. The third-order valence-corrected chi connectivity index (χ3v) is 5.29. The predicted octanol–water partition coefficient (Wildman–Crippen LogP) is 2.77. The third kappa shape index (κ3) is 4.20. The molecule has 22 heavy (non-hydrogen) atoms. The number of urea groups is 1. The Morgan fingerprint density at radius 3 is 2.73 bits per heavy atom. The molecule has 2 N–H and O–H groups in total. The zero-order chi connectivity index (χ0) is 15.5. The zero-order valence-electron chi connectivity index (χ0n) is 13.4. The summed E-state index contributed by atoms with van der Waals surface area (Å²) >= 11 is 1.62. The number of hydrogen-bond acceptors (Lipinski definition) is 4. The summed E-state index contributed by atoms with van der Waals surface area (Å²) in [5.74, 6) is 0.565. The molecular formula is C16H26N4OS. The number of nitrogens with zero attached hydrogens (tertiary/aromatic N) is 2. The van der Waals surface area contributed by atoms with E-state index in [2.05, 4.69) is 34.4 Å². The van der Waals surface area contributed by atoms with Crippen molar-refractivity contribution >= 4 is 17.4 Å². The van der Waals surface area contributed by atoms with E-state index in [-0.39, 0.29) is 12.1 Å². The van der Waals surface area contributed by atoms with E-state index < -0.39 is 0 Å². The first-order chi connectivity index (χ1) is 10.6. The van der Waals surface area contributed by atoms with Crippen molar-refractivity contribution < 1.29 is 4.79 Å². The fourth-order valence-corrected chi connectivity index (χ4v) is 3.74. The van der Waals surface area contributed by atoms with Gasteiger partial charge in [-0.1, -0.05) is 0 Å². The highest BCUT2D eigenvalue weighted by molar-refractivity contribution is 7.09. The van der Waals surface area contributed by atoms with Crippen LogP contribution in [0.4, 0.5) is 4.79 Å². The summed E-state index contributed by atoms with van der Waals surface area (Å²) in [6.07, 6.45) is 6.79. The van der Waals surface area contributed by atoms with Crippen molar-refractivity contribution in [2.45, 2.75) is 57.7 Å². The Hall–Kier alpha value is -1.14. The van der Waals surface area contributed by atoms with Crippen LogP contribution in [0.15, 0.2) is 11.6 Å². The third-order valence-electron chi connectivity index (χ3n) is 4.43. The molecule has 1 heterocycles. The molecule has 5 nitrogen and oxygen atoms in total. The van der Waals surface area contributed by atoms with Crippen LogP contribution in [0.1, 0.15) is 50.6 Å². The molecule has 0 spiro atoms. The average molecular weight is 322 g/mol. The van der Waals surface area contributed by atoms with E-state index in [0.29, 0.717) is 18.5 Å². The molecule has 2 saturated carbocycles. The van der Waals surface area contributed by atoms with E-state index in [0.717, 1.165) is 17.6 Å². The molecule has 2 amide bonds. The van der Waals surface area contributed by atoms with E-state index in [1.165, 1.54) is 25.7 Å². The number of nitrogens with one attached hydrogen (secondary N) is 2. The van der Waals surface area contributed by atoms with Crippen molar-refractivity contribution in [1.29, 1.82) is 0 Å². The minimum absolute atomic E-state index is 0.0633. The van der Waals surface area contributed by atoms with Crippen molar-refractivity contribution in [1.82, 2.24) is 20.5 Å². The second kappa shape index (κ2) is 6.96. The Labute approximate surface area is 136 Å². The van der Waals surface area contributed by atoms with Gasteiger partial charge in [0.1, 0.15) is 5.01 Å². The Morgan fingerprint density at radius 1 is 1.41 bits per heavy atom. The van der Waals surface area contributed by atoms with Crippen molar-refractivity contribution in [3.63, 3.8) is 0 Å². The highest BCUT2D eigenvalue weighted by atomic mass is 32.1. The van der Waals surface area contributed by atoms with Gasteiger partial charge in [-0.05, 0) is 45.4 Å². The molecular weight excluding hydrogens is 296 g/mol. The molecule has 1 aromatic heterocycles. The predicted molar refractivity (Wildman–Crippen MR) is 89.0 cm³/mol. The van der Waals surface area contributed by atoms with E-state index in [1.54, 1.807) is 11.3 Å². The summed E-state index contributed by atoms with van der Waals surface area (Å²) in [5, 5.41) is 9.12. The summed E-state index contributed by atoms with van der Waals surface area (Å²) in [6.45, 7) is 6.09. The van der Waals surface area contributed by atoms with Crippen LogP contribution in [0.2, 0.25) is 0 Å². The van der Waals surface area contributed by atoms with Crippen LogP contribution in [0.3, 0.4) is 0 Å². The molecule has 0 saturated heterocycles. The molecule has 0 bridgehead atoms. The Balaban J connectivity index is 1.43. The number of amides is 2. The molecule has 2 aliphatic rings. The molecule has 2 aliphatic carbocycles. The fourth-order valence-electron chi connectivity index (χ4n) is 2.96. The van der Waals surface area contributed by atoms with E-state index in [1.807, 2.05) is 11.6 Å². The summed E-state index contributed by atoms with van der Waals surface area (Å²) in [6, 6.07) is 1.31. The van der Waals surface area contributed by atoms with E-state index in [4.69, 9.17) is 0 Å². The van der Waals surface area contributed by atoms with Gasteiger partial charge in [0.25, 0.3) is 0 Å². The molecule has 3 rings (SSSR count). The van der Waals surface area contributed by atoms with Crippen LogP contribution < -0.4 is 10.6 Å². The van der Waals surface area contributed by atoms with Crippen LogP contribution >= 0.6 is 11.3 Å². The number of carbonyl (C=O) groups is 1. The van der Waals surface area contributed by atoms with Gasteiger partial charge in [-0.15, -0.1) is 11.3 Å². The van der Waals surface area contributed by atoms with Crippen molar-refractivity contribution in [2.75, 3.05) is 13.1 Å². The second-order valence-electron chi connectivity index (χ2n) is 6.65. The van der Waals surface area contributed by atoms with Gasteiger partial charge in [0.15, 0.2) is 0 Å². The maximum atomic E-state index is 12.2. The lowest BCUT2D eigenvalue weighted by atomic mass is 10.2. The fraction of sp³-hybridized carbons (Fsp3) is 0.750. The van der Waals surface area contributed by atoms with E-state index >= 15 is 0 Å². The van der Waals surface area contributed by atoms with Gasteiger partial charge < -0.3 is 10.6 Å². The van der Waals surface area contributed by atoms with Crippen LogP contribution in [0.25, 0.3) is 0 Å². The molecule has 1 atom stereocenters. The Morgan fingerprint density at radius 2 is 2.18 bits per heavy atom. The van der Waals surface area contributed by atoms with Gasteiger partial charge in [-0.3, -0.25) is 4.90 Å². The average Bonchev–Trinajstić information content (AvgIpc) is 3.40. The Kier molecular flexibility index (Phi) is 4.98. The first-order valence-electron chi connectivity index (χ1n) is 8.34. The van der Waals surface area contributed by atoms with E-state index in [9.17, 15) is 4.79 Å². The normalized spacial score (nSPS) is 19.5. The first-order valence-corrected chi connectivity index (χ1v) is 9.22. The quantitative estimate of drug-likeness (QED) is 0.774. The van der Waals surface area contributed by atoms with Gasteiger partial charge >= 0.3 is 6.03 Å². The zero-order valence-corrected chi connectivity index (χ0v) is 14.2. The molecule has 122 valence electrons. The number of carbonyl (C=O) groups excluding carboxylic acids is 1. The van der Waals surface area contributed by atoms with Crippen LogP contribution in [-0.2, 0) is 0 Å². The molecule has 0 radical (unpaired) electrons. The first kappa shape index (κ1) is 15.7. The minimum Gasteiger partial charge on any atom is -0.337 e. The lowest BCUT2D eigenvalue weighted by molar-refractivity contribution is 0.206. The standard InChI is InChI=1S/C16H26N4OS/c1-11(2)20(13-5-6-13)9-7-18-16(21)19-14(12-3-4-12)15-17-8-10-22-15/h8,10-14H,3-7,9H2,1-2H3,(H2,18,19,21). The maximum absolute atomic E-state index is 12.2. The second-order valence-corrected chi connectivity index (χ2v) is 7.57. The van der Waals surface area contributed by atoms with Gasteiger partial charge in [0.2, 0.25) is 0 Å². The topological polar surface area (TPSA) is 57.3 Å². The molecule has 6 heteroatoms. The Bertz CT molecular complexity index is 480. The van der Waals surface area contributed by atoms with Crippen molar-refractivity contribution in [2.24, 2.45) is 5.92 Å². The maximum Gasteiger partial charge on any atom is 0.315 e. The van der Waals surface area contributed by atoms with Crippen molar-refractivity contribution in [3.05, 3.63) is 16.6 Å². The summed E-state index contributed by atoms with van der Waals surface area (Å²) in [7, 11) is 0. The largest absolute Gasteiger partial charge is 0.337 e. The number of aromatic nitrogens is 1. The lowest BCUT2D eigenvalue weighted by Crippen LogP contribution is -2.44. The van der Waals surface area contributed by atoms with Gasteiger partial charge in [-0.25, -0.2) is 9.78 Å². The smallest absolute Gasteiger partial charge is 0.315 e. The number of thiazole rings is 1. The molecule has 0 aromatic carbocycles. The van der Waals surface area contributed by atoms with Crippen molar-refractivity contribution in [3.8, 4) is 0 Å². The number of hydrogen-bond donors (Lipinski definition) is 2. The van der Waals surface area contributed by atoms with Crippen LogP contribution in [0, 0.1) is 5.92 Å². The summed E-state index contributed by atoms with van der Waals surface area (Å²) < 4.78 is 0. The molecule has 0 aliphatic heterocycles. The minimum atomic E-state index is -0.0633. The molecule has 2 fully saturated rings. The van der Waals surface area contributed by atoms with Gasteiger partial charge in [0, 0.05) is 36.8 Å². The SMILES string of the molecule is CC(C)N(CCNC(=O)NC(c1nccs1)C1CC1)C1CC1. The number of rotatable bonds is 8. The molecule has 1 unspecified atom stereocenters. The molecule has 1 aromatic rings.